The van der Waals surface area contributed by atoms with Gasteiger partial charge in [0, 0.05) is 46.4 Å². The van der Waals surface area contributed by atoms with E-state index in [4.69, 9.17) is 0 Å². The Morgan fingerprint density at radius 3 is 1.81 bits per heavy atom. The third-order valence-electron chi connectivity index (χ3n) is 5.08. The summed E-state index contributed by atoms with van der Waals surface area (Å²) in [5.74, 6) is -1.86. The maximum atomic E-state index is 12.0. The van der Waals surface area contributed by atoms with Crippen LogP contribution in [0.2, 0.25) is 0 Å². The maximum absolute atomic E-state index is 12.0. The van der Waals surface area contributed by atoms with Gasteiger partial charge < -0.3 is 10.2 Å². The molecular formula is C20H14N2NaO11S3. The molecule has 0 aromatic heterocycles. The monoisotopic (exact) mass is 577 g/mol. The Labute approximate surface area is 231 Å². The van der Waals surface area contributed by atoms with E-state index in [1.165, 1.54) is 24.3 Å². The molecule has 0 amide bonds. The molecule has 0 atom stereocenters. The largest absolute Gasteiger partial charge is 0.507 e. The van der Waals surface area contributed by atoms with Gasteiger partial charge in [0.1, 0.15) is 21.2 Å². The molecule has 0 saturated heterocycles. The molecule has 5 N–H and O–H groups in total. The third-order valence-corrected chi connectivity index (χ3v) is 7.69. The van der Waals surface area contributed by atoms with Gasteiger partial charge in [0.25, 0.3) is 30.4 Å². The van der Waals surface area contributed by atoms with Crippen LogP contribution in [0.25, 0.3) is 21.5 Å². The van der Waals surface area contributed by atoms with Gasteiger partial charge in [-0.2, -0.15) is 25.3 Å². The van der Waals surface area contributed by atoms with Crippen molar-refractivity contribution in [2.75, 3.05) is 0 Å². The SMILES string of the molecule is O=S(=O)(O)c1cc(O)c2c(O)c(N=Nc3ccc(S(=O)(=O)O)c4ccccc34)c(S(=O)(=O)O)cc2c1.[Na]. The van der Waals surface area contributed by atoms with Crippen LogP contribution >= 0.6 is 0 Å². The average Bonchev–Trinajstić information content (AvgIpc) is 2.75. The normalized spacial score (nSPS) is 12.7. The number of nitrogens with zero attached hydrogens (tertiary/aromatic N) is 2. The smallest absolute Gasteiger partial charge is 0.296 e. The topological polar surface area (TPSA) is 228 Å². The maximum Gasteiger partial charge on any atom is 0.296 e. The van der Waals surface area contributed by atoms with Gasteiger partial charge in [-0.25, -0.2) is 0 Å². The number of fused-ring (bicyclic) bond motifs is 2. The summed E-state index contributed by atoms with van der Waals surface area (Å²) in [7, 11) is -14.5. The molecule has 0 saturated carbocycles. The summed E-state index contributed by atoms with van der Waals surface area (Å²) in [6, 6.07) is 10.1. The van der Waals surface area contributed by atoms with Crippen LogP contribution in [-0.2, 0) is 30.4 Å². The summed E-state index contributed by atoms with van der Waals surface area (Å²) in [5.41, 5.74) is -0.854. The van der Waals surface area contributed by atoms with Crippen LogP contribution in [0.1, 0.15) is 0 Å². The van der Waals surface area contributed by atoms with E-state index < -0.39 is 67.6 Å². The fourth-order valence-electron chi connectivity index (χ4n) is 3.55. The van der Waals surface area contributed by atoms with E-state index in [0.29, 0.717) is 12.1 Å². The molecule has 0 aliphatic carbocycles. The molecule has 0 unspecified atom stereocenters. The number of hydrogen-bond donors (Lipinski definition) is 5. The first-order valence-electron chi connectivity index (χ1n) is 9.47. The van der Waals surface area contributed by atoms with Crippen molar-refractivity contribution < 1.29 is 49.1 Å². The molecule has 0 aliphatic rings. The van der Waals surface area contributed by atoms with Gasteiger partial charge in [0.15, 0.2) is 5.75 Å². The molecule has 1 radical (unpaired) electrons. The van der Waals surface area contributed by atoms with Crippen LogP contribution in [-0.4, -0.2) is 78.7 Å². The van der Waals surface area contributed by atoms with E-state index in [2.05, 4.69) is 10.2 Å². The van der Waals surface area contributed by atoms with Crippen molar-refractivity contribution in [3.63, 3.8) is 0 Å². The van der Waals surface area contributed by atoms with Gasteiger partial charge in [-0.05, 0) is 29.7 Å². The molecule has 0 bridgehead atoms. The quantitative estimate of drug-likeness (QED) is 0.131. The second kappa shape index (κ2) is 9.90. The zero-order chi connectivity index (χ0) is 26.6. The fourth-order valence-corrected chi connectivity index (χ4v) is 5.44. The summed E-state index contributed by atoms with van der Waals surface area (Å²) in [6.07, 6.45) is 0. The van der Waals surface area contributed by atoms with Crippen LogP contribution in [0, 0.1) is 0 Å². The van der Waals surface area contributed by atoms with E-state index in [-0.39, 0.29) is 51.4 Å². The molecule has 0 spiro atoms. The van der Waals surface area contributed by atoms with E-state index in [1.54, 1.807) is 0 Å². The number of phenolic OH excluding ortho intramolecular Hbond substituents is 2. The molecule has 13 nitrogen and oxygen atoms in total. The van der Waals surface area contributed by atoms with E-state index in [9.17, 15) is 49.1 Å². The second-order valence-corrected chi connectivity index (χ2v) is 11.6. The average molecular weight is 578 g/mol. The standard InChI is InChI=1S/C20H14N2O11S3.Na/c23-15-9-11(34(25,26)27)7-10-8-17(36(31,32)33)19(20(24)18(10)15)22-21-14-5-6-16(35(28,29)30)13-4-2-1-3-12(13)14;/h1-9,23-24H,(H,25,26,27)(H,28,29,30)(H,31,32,33);. The van der Waals surface area contributed by atoms with Crippen molar-refractivity contribution in [1.29, 1.82) is 0 Å². The first kappa shape index (κ1) is 28.9. The molecule has 0 heterocycles. The van der Waals surface area contributed by atoms with Crippen molar-refractivity contribution in [3.05, 3.63) is 54.6 Å². The predicted octanol–water partition coefficient (Wildman–Crippen LogP) is 3.18. The Balaban J connectivity index is 0.00000380. The molecule has 0 fully saturated rings. The number of hydrogen-bond acceptors (Lipinski definition) is 10. The Bertz CT molecular complexity index is 1940. The van der Waals surface area contributed by atoms with Gasteiger partial charge in [-0.1, -0.05) is 24.3 Å². The number of azo groups is 1. The summed E-state index contributed by atoms with van der Waals surface area (Å²) in [6.45, 7) is 0. The zero-order valence-corrected chi connectivity index (χ0v) is 23.0. The van der Waals surface area contributed by atoms with Gasteiger partial charge in [0.2, 0.25) is 0 Å². The van der Waals surface area contributed by atoms with Crippen molar-refractivity contribution in [3.8, 4) is 11.5 Å². The van der Waals surface area contributed by atoms with Gasteiger partial charge >= 0.3 is 0 Å². The van der Waals surface area contributed by atoms with Gasteiger partial charge in [0.05, 0.1) is 16.0 Å². The fraction of sp³-hybridized carbons (Fsp3) is 0. The summed E-state index contributed by atoms with van der Waals surface area (Å²) in [4.78, 5) is -2.25. The zero-order valence-electron chi connectivity index (χ0n) is 18.5. The van der Waals surface area contributed by atoms with Crippen molar-refractivity contribution in [1.82, 2.24) is 0 Å². The van der Waals surface area contributed by atoms with Crippen LogP contribution in [0.4, 0.5) is 11.4 Å². The van der Waals surface area contributed by atoms with Gasteiger partial charge in [-0.3, -0.25) is 13.7 Å². The summed E-state index contributed by atoms with van der Waals surface area (Å²) < 4.78 is 98.6. The second-order valence-electron chi connectivity index (χ2n) is 7.37. The summed E-state index contributed by atoms with van der Waals surface area (Å²) in [5, 5.41) is 27.9. The predicted molar refractivity (Wildman–Crippen MR) is 131 cm³/mol. The van der Waals surface area contributed by atoms with Crippen molar-refractivity contribution >= 4 is 92.8 Å². The Morgan fingerprint density at radius 1 is 0.649 bits per heavy atom. The molecule has 189 valence electrons. The molecule has 17 heteroatoms. The first-order valence-corrected chi connectivity index (χ1v) is 13.8. The van der Waals surface area contributed by atoms with Crippen molar-refractivity contribution in [2.24, 2.45) is 10.2 Å². The molecule has 0 aliphatic heterocycles. The van der Waals surface area contributed by atoms with Crippen LogP contribution in [0.5, 0.6) is 11.5 Å². The Hall–Kier alpha value is -2.67. The number of benzene rings is 4. The number of aromatic hydroxyl groups is 2. The molecular weight excluding hydrogens is 563 g/mol. The third kappa shape index (κ3) is 5.62. The molecule has 37 heavy (non-hydrogen) atoms. The van der Waals surface area contributed by atoms with Gasteiger partial charge in [-0.15, -0.1) is 10.2 Å². The first-order chi connectivity index (χ1) is 16.6. The Kier molecular flexibility index (Phi) is 7.73. The number of phenols is 2. The summed E-state index contributed by atoms with van der Waals surface area (Å²) >= 11 is 0. The van der Waals surface area contributed by atoms with E-state index in [0.717, 1.165) is 18.2 Å². The molecule has 4 aromatic carbocycles. The molecule has 4 rings (SSSR count). The Morgan fingerprint density at radius 2 is 1.24 bits per heavy atom. The minimum atomic E-state index is -5.10. The van der Waals surface area contributed by atoms with Crippen LogP contribution in [0.3, 0.4) is 0 Å². The van der Waals surface area contributed by atoms with Crippen LogP contribution < -0.4 is 0 Å². The minimum Gasteiger partial charge on any atom is -0.507 e. The minimum absolute atomic E-state index is 0. The van der Waals surface area contributed by atoms with Crippen LogP contribution in [0.15, 0.2) is 79.5 Å². The molecule has 4 aromatic rings. The van der Waals surface area contributed by atoms with E-state index in [1.807, 2.05) is 0 Å². The van der Waals surface area contributed by atoms with Crippen molar-refractivity contribution in [2.45, 2.75) is 14.7 Å². The van der Waals surface area contributed by atoms with E-state index >= 15 is 0 Å². The number of rotatable bonds is 5.